The molecule has 0 bridgehead atoms. The van der Waals surface area contributed by atoms with Gasteiger partial charge in [-0.2, -0.15) is 0 Å². The number of thioether (sulfide) groups is 1. The van der Waals surface area contributed by atoms with Crippen molar-refractivity contribution in [2.45, 2.75) is 44.3 Å². The van der Waals surface area contributed by atoms with Crippen LogP contribution < -0.4 is 10.6 Å². The van der Waals surface area contributed by atoms with Crippen LogP contribution >= 0.6 is 11.8 Å². The fraction of sp³-hybridized carbons (Fsp3) is 0.692. The minimum absolute atomic E-state index is 0.151. The average molecular weight is 284 g/mol. The molecule has 6 heteroatoms. The summed E-state index contributed by atoms with van der Waals surface area (Å²) in [5.74, 6) is 1.62. The third kappa shape index (κ3) is 4.87. The highest BCUT2D eigenvalue weighted by Gasteiger charge is 2.22. The van der Waals surface area contributed by atoms with Gasteiger partial charge in [0.05, 0.1) is 0 Å². The molecule has 1 heterocycles. The number of anilines is 2. The molecule has 3 N–H and O–H groups in total. The molecule has 108 valence electrons. The second-order valence-corrected chi connectivity index (χ2v) is 5.44. The molecule has 1 aromatic rings. The van der Waals surface area contributed by atoms with Gasteiger partial charge in [0, 0.05) is 24.8 Å². The Morgan fingerprint density at radius 2 is 2.00 bits per heavy atom. The van der Waals surface area contributed by atoms with Crippen molar-refractivity contribution in [3.05, 3.63) is 6.07 Å². The Morgan fingerprint density at radius 3 is 2.53 bits per heavy atom. The number of hydrogen-bond donors (Lipinski definition) is 3. The lowest BCUT2D eigenvalue weighted by Gasteiger charge is -2.29. The molecule has 0 radical (unpaired) electrons. The van der Waals surface area contributed by atoms with Crippen molar-refractivity contribution in [3.8, 4) is 0 Å². The van der Waals surface area contributed by atoms with Crippen LogP contribution in [-0.4, -0.2) is 40.0 Å². The Hall–Kier alpha value is -1.01. The second-order valence-electron chi connectivity index (χ2n) is 4.67. The van der Waals surface area contributed by atoms with E-state index in [2.05, 4.69) is 34.4 Å². The van der Waals surface area contributed by atoms with Crippen molar-refractivity contribution < 1.29 is 5.11 Å². The summed E-state index contributed by atoms with van der Waals surface area (Å²) < 4.78 is 0. The van der Waals surface area contributed by atoms with Crippen LogP contribution in [0.15, 0.2) is 11.2 Å². The van der Waals surface area contributed by atoms with Crippen LogP contribution in [0.25, 0.3) is 0 Å². The first kappa shape index (κ1) is 16.0. The third-order valence-corrected chi connectivity index (χ3v) is 3.67. The zero-order valence-electron chi connectivity index (χ0n) is 12.2. The number of aromatic nitrogens is 2. The summed E-state index contributed by atoms with van der Waals surface area (Å²) in [6, 6.07) is 1.91. The molecule has 1 atom stereocenters. The topological polar surface area (TPSA) is 70.1 Å². The first-order valence-electron chi connectivity index (χ1n) is 6.63. The number of aliphatic hydroxyl groups is 1. The summed E-state index contributed by atoms with van der Waals surface area (Å²) in [5.41, 5.74) is -0.151. The fourth-order valence-corrected chi connectivity index (χ4v) is 2.12. The van der Waals surface area contributed by atoms with Gasteiger partial charge in [-0.1, -0.05) is 18.7 Å². The van der Waals surface area contributed by atoms with Gasteiger partial charge in [0.15, 0.2) is 5.16 Å². The number of aliphatic hydroxyl groups excluding tert-OH is 1. The smallest absolute Gasteiger partial charge is 0.191 e. The largest absolute Gasteiger partial charge is 0.396 e. The first-order chi connectivity index (χ1) is 9.06. The van der Waals surface area contributed by atoms with Gasteiger partial charge in [0.1, 0.15) is 11.6 Å². The molecular formula is C13H24N4OS. The van der Waals surface area contributed by atoms with Gasteiger partial charge in [-0.25, -0.2) is 9.97 Å². The predicted molar refractivity (Wildman–Crippen MR) is 82.0 cm³/mol. The summed E-state index contributed by atoms with van der Waals surface area (Å²) in [5, 5.41) is 16.5. The van der Waals surface area contributed by atoms with Crippen molar-refractivity contribution in [2.24, 2.45) is 0 Å². The van der Waals surface area contributed by atoms with Crippen molar-refractivity contribution in [2.75, 3.05) is 30.0 Å². The Morgan fingerprint density at radius 1 is 1.32 bits per heavy atom. The van der Waals surface area contributed by atoms with E-state index in [-0.39, 0.29) is 12.1 Å². The van der Waals surface area contributed by atoms with E-state index >= 15 is 0 Å². The molecule has 1 unspecified atom stereocenters. The summed E-state index contributed by atoms with van der Waals surface area (Å²) in [6.07, 6.45) is 3.57. The Bertz CT molecular complexity index is 402. The zero-order valence-corrected chi connectivity index (χ0v) is 13.0. The molecular weight excluding hydrogens is 260 g/mol. The molecule has 5 nitrogen and oxygen atoms in total. The van der Waals surface area contributed by atoms with Crippen molar-refractivity contribution in [1.82, 2.24) is 9.97 Å². The van der Waals surface area contributed by atoms with Crippen molar-refractivity contribution in [1.29, 1.82) is 0 Å². The third-order valence-electron chi connectivity index (χ3n) is 3.12. The molecule has 0 fully saturated rings. The van der Waals surface area contributed by atoms with Crippen LogP contribution in [0.3, 0.4) is 0 Å². The number of nitrogens with zero attached hydrogens (tertiary/aromatic N) is 2. The van der Waals surface area contributed by atoms with E-state index < -0.39 is 0 Å². The van der Waals surface area contributed by atoms with E-state index in [1.807, 2.05) is 19.2 Å². The van der Waals surface area contributed by atoms with Gasteiger partial charge in [-0.15, -0.1) is 0 Å². The van der Waals surface area contributed by atoms with E-state index in [1.165, 1.54) is 11.8 Å². The van der Waals surface area contributed by atoms with Gasteiger partial charge in [0.2, 0.25) is 0 Å². The lowest BCUT2D eigenvalue weighted by Crippen LogP contribution is -2.35. The highest BCUT2D eigenvalue weighted by molar-refractivity contribution is 7.98. The molecule has 1 aromatic heterocycles. The van der Waals surface area contributed by atoms with E-state index in [4.69, 9.17) is 5.11 Å². The molecule has 0 saturated carbocycles. The average Bonchev–Trinajstić information content (AvgIpc) is 2.39. The maximum absolute atomic E-state index is 9.16. The van der Waals surface area contributed by atoms with Gasteiger partial charge >= 0.3 is 0 Å². The van der Waals surface area contributed by atoms with Crippen LogP contribution in [0.2, 0.25) is 0 Å². The second kappa shape index (κ2) is 7.55. The summed E-state index contributed by atoms with van der Waals surface area (Å²) >= 11 is 1.52. The Balaban J connectivity index is 2.95. The Labute approximate surface area is 119 Å². The number of nitrogens with one attached hydrogen (secondary N) is 2. The lowest BCUT2D eigenvalue weighted by atomic mass is 9.95. The lowest BCUT2D eigenvalue weighted by molar-refractivity contribution is 0.251. The molecule has 0 aliphatic heterocycles. The maximum Gasteiger partial charge on any atom is 0.191 e. The molecule has 1 rings (SSSR count). The molecule has 0 amide bonds. The first-order valence-corrected chi connectivity index (χ1v) is 7.85. The van der Waals surface area contributed by atoms with Crippen LogP contribution in [0.4, 0.5) is 11.6 Å². The van der Waals surface area contributed by atoms with Crippen LogP contribution in [0.5, 0.6) is 0 Å². The quantitative estimate of drug-likeness (QED) is 0.503. The highest BCUT2D eigenvalue weighted by Crippen LogP contribution is 2.23. The van der Waals surface area contributed by atoms with Gasteiger partial charge in [0.25, 0.3) is 0 Å². The zero-order chi connectivity index (χ0) is 14.3. The van der Waals surface area contributed by atoms with E-state index in [1.54, 1.807) is 0 Å². The monoisotopic (exact) mass is 284 g/mol. The van der Waals surface area contributed by atoms with E-state index in [9.17, 15) is 0 Å². The van der Waals surface area contributed by atoms with Gasteiger partial charge in [-0.05, 0) is 32.9 Å². The normalized spacial score (nSPS) is 13.9. The van der Waals surface area contributed by atoms with Crippen LogP contribution in [0.1, 0.15) is 33.6 Å². The van der Waals surface area contributed by atoms with Gasteiger partial charge < -0.3 is 15.7 Å². The van der Waals surface area contributed by atoms with Crippen molar-refractivity contribution in [3.63, 3.8) is 0 Å². The molecule has 0 aliphatic rings. The molecule has 0 aliphatic carbocycles. The minimum Gasteiger partial charge on any atom is -0.396 e. The van der Waals surface area contributed by atoms with E-state index in [0.717, 1.165) is 29.8 Å². The summed E-state index contributed by atoms with van der Waals surface area (Å²) in [7, 11) is 0. The predicted octanol–water partition coefficient (Wildman–Crippen LogP) is 2.59. The number of rotatable bonds is 8. The SMILES string of the molecule is CCNc1cc(NC(C)(CC)CCO)nc(SC)n1. The molecule has 19 heavy (non-hydrogen) atoms. The number of hydrogen-bond acceptors (Lipinski definition) is 6. The fourth-order valence-electron chi connectivity index (χ4n) is 1.74. The van der Waals surface area contributed by atoms with E-state index in [0.29, 0.717) is 6.42 Å². The van der Waals surface area contributed by atoms with Crippen LogP contribution in [-0.2, 0) is 0 Å². The van der Waals surface area contributed by atoms with Gasteiger partial charge in [-0.3, -0.25) is 0 Å². The molecule has 0 aromatic carbocycles. The maximum atomic E-state index is 9.16. The highest BCUT2D eigenvalue weighted by atomic mass is 32.2. The van der Waals surface area contributed by atoms with Crippen molar-refractivity contribution >= 4 is 23.4 Å². The standard InChI is InChI=1S/C13H24N4OS/c1-5-13(3,7-8-18)17-11-9-10(14-6-2)15-12(16-11)19-4/h9,18H,5-8H2,1-4H3,(H2,14,15,16,17). The summed E-state index contributed by atoms with van der Waals surface area (Å²) in [4.78, 5) is 8.86. The minimum atomic E-state index is -0.151. The Kier molecular flexibility index (Phi) is 6.37. The molecule has 0 spiro atoms. The van der Waals surface area contributed by atoms with Crippen LogP contribution in [0, 0.1) is 0 Å². The summed E-state index contributed by atoms with van der Waals surface area (Å²) in [6.45, 7) is 7.22. The molecule has 0 saturated heterocycles.